The number of hydrogen-bond acceptors (Lipinski definition) is 3. The fraction of sp³-hybridized carbons (Fsp3) is 1.00. The minimum atomic E-state index is 0.524. The minimum absolute atomic E-state index is 0.524. The maximum absolute atomic E-state index is 5.47. The lowest BCUT2D eigenvalue weighted by molar-refractivity contribution is 0.0348. The summed E-state index contributed by atoms with van der Waals surface area (Å²) < 4.78 is 5.47. The molecule has 0 bridgehead atoms. The molecule has 1 atom stereocenters. The number of nitrogens with zero attached hydrogens (tertiary/aromatic N) is 1. The Morgan fingerprint density at radius 2 is 1.94 bits per heavy atom. The van der Waals surface area contributed by atoms with Crippen molar-refractivity contribution in [2.75, 3.05) is 33.3 Å². The van der Waals surface area contributed by atoms with Gasteiger partial charge in [-0.25, -0.2) is 0 Å². The van der Waals surface area contributed by atoms with Crippen molar-refractivity contribution in [3.8, 4) is 0 Å². The van der Waals surface area contributed by atoms with Gasteiger partial charge in [-0.2, -0.15) is 0 Å². The van der Waals surface area contributed by atoms with Crippen LogP contribution in [0.1, 0.15) is 45.4 Å². The first kappa shape index (κ1) is 14.3. The molecular weight excluding hydrogens is 224 g/mol. The van der Waals surface area contributed by atoms with Crippen molar-refractivity contribution >= 4 is 0 Å². The second-order valence-corrected chi connectivity index (χ2v) is 5.97. The van der Waals surface area contributed by atoms with E-state index in [9.17, 15) is 0 Å². The van der Waals surface area contributed by atoms with Crippen LogP contribution in [0.2, 0.25) is 0 Å². The van der Waals surface area contributed by atoms with E-state index in [4.69, 9.17) is 4.74 Å². The molecule has 2 aliphatic rings. The number of methoxy groups -OCH3 is 1. The lowest BCUT2D eigenvalue weighted by atomic mass is 9.90. The summed E-state index contributed by atoms with van der Waals surface area (Å²) in [6.45, 7) is 7.27. The zero-order valence-electron chi connectivity index (χ0n) is 12.2. The summed E-state index contributed by atoms with van der Waals surface area (Å²) in [7, 11) is 1.86. The van der Waals surface area contributed by atoms with E-state index in [2.05, 4.69) is 17.1 Å². The first-order valence-electron chi connectivity index (χ1n) is 7.81. The first-order valence-corrected chi connectivity index (χ1v) is 7.81. The van der Waals surface area contributed by atoms with Crippen LogP contribution in [0, 0.1) is 5.92 Å². The summed E-state index contributed by atoms with van der Waals surface area (Å²) >= 11 is 0. The first-order chi connectivity index (χ1) is 8.83. The van der Waals surface area contributed by atoms with Gasteiger partial charge in [0.1, 0.15) is 0 Å². The van der Waals surface area contributed by atoms with Crippen LogP contribution in [0.3, 0.4) is 0 Å². The van der Waals surface area contributed by atoms with Crippen LogP contribution < -0.4 is 5.32 Å². The molecule has 2 rings (SSSR count). The van der Waals surface area contributed by atoms with Gasteiger partial charge in [-0.3, -0.25) is 0 Å². The lowest BCUT2D eigenvalue weighted by Crippen LogP contribution is -2.44. The fourth-order valence-corrected chi connectivity index (χ4v) is 3.59. The summed E-state index contributed by atoms with van der Waals surface area (Å²) in [5.74, 6) is 0.874. The molecule has 1 aliphatic heterocycles. The standard InChI is InChI=1S/C15H30N2O/c1-3-17(12-13-5-4-10-16-11-13)14-6-8-15(18-2)9-7-14/h13-16H,3-12H2,1-2H3. The highest BCUT2D eigenvalue weighted by Gasteiger charge is 2.26. The Balaban J connectivity index is 1.77. The molecule has 1 saturated carbocycles. The Kier molecular flexibility index (Phi) is 5.93. The molecule has 2 fully saturated rings. The highest BCUT2D eigenvalue weighted by Crippen LogP contribution is 2.26. The normalized spacial score (nSPS) is 33.8. The quantitative estimate of drug-likeness (QED) is 0.814. The highest BCUT2D eigenvalue weighted by molar-refractivity contribution is 4.82. The topological polar surface area (TPSA) is 24.5 Å². The third-order valence-corrected chi connectivity index (χ3v) is 4.79. The van der Waals surface area contributed by atoms with Crippen molar-refractivity contribution < 1.29 is 4.74 Å². The van der Waals surface area contributed by atoms with E-state index in [1.807, 2.05) is 7.11 Å². The molecule has 0 amide bonds. The second-order valence-electron chi connectivity index (χ2n) is 5.97. The Morgan fingerprint density at radius 3 is 2.50 bits per heavy atom. The summed E-state index contributed by atoms with van der Waals surface area (Å²) in [4.78, 5) is 2.73. The SMILES string of the molecule is CCN(CC1CCCNC1)C1CCC(OC)CC1. The van der Waals surface area contributed by atoms with E-state index in [-0.39, 0.29) is 0 Å². The van der Waals surface area contributed by atoms with Crippen molar-refractivity contribution in [2.45, 2.75) is 57.6 Å². The van der Waals surface area contributed by atoms with Crippen molar-refractivity contribution in [1.29, 1.82) is 0 Å². The predicted octanol–water partition coefficient (Wildman–Crippen LogP) is 2.27. The third kappa shape index (κ3) is 3.94. The van der Waals surface area contributed by atoms with Crippen molar-refractivity contribution in [1.82, 2.24) is 10.2 Å². The molecule has 0 aromatic carbocycles. The fourth-order valence-electron chi connectivity index (χ4n) is 3.59. The van der Waals surface area contributed by atoms with Gasteiger partial charge in [0, 0.05) is 19.7 Å². The summed E-state index contributed by atoms with van der Waals surface area (Å²) in [6.07, 6.45) is 8.45. The van der Waals surface area contributed by atoms with Gasteiger partial charge in [0.2, 0.25) is 0 Å². The largest absolute Gasteiger partial charge is 0.381 e. The molecule has 0 aromatic heterocycles. The van der Waals surface area contributed by atoms with Gasteiger partial charge >= 0.3 is 0 Å². The van der Waals surface area contributed by atoms with E-state index in [1.165, 1.54) is 64.7 Å². The smallest absolute Gasteiger partial charge is 0.0572 e. The van der Waals surface area contributed by atoms with Crippen molar-refractivity contribution in [3.63, 3.8) is 0 Å². The molecule has 1 N–H and O–H groups in total. The summed E-state index contributed by atoms with van der Waals surface area (Å²) in [5, 5.41) is 3.54. The molecule has 1 heterocycles. The van der Waals surface area contributed by atoms with Crippen LogP contribution in [0.4, 0.5) is 0 Å². The average Bonchev–Trinajstić information content (AvgIpc) is 2.46. The Bertz CT molecular complexity index is 221. The minimum Gasteiger partial charge on any atom is -0.381 e. The van der Waals surface area contributed by atoms with E-state index in [1.54, 1.807) is 0 Å². The molecule has 0 radical (unpaired) electrons. The number of rotatable bonds is 5. The van der Waals surface area contributed by atoms with Gasteiger partial charge in [0.05, 0.1) is 6.10 Å². The zero-order chi connectivity index (χ0) is 12.8. The molecule has 106 valence electrons. The van der Waals surface area contributed by atoms with E-state index in [0.29, 0.717) is 6.10 Å². The van der Waals surface area contributed by atoms with Gasteiger partial charge in [-0.15, -0.1) is 0 Å². The van der Waals surface area contributed by atoms with Crippen LogP contribution in [-0.2, 0) is 4.74 Å². The zero-order valence-corrected chi connectivity index (χ0v) is 12.2. The van der Waals surface area contributed by atoms with E-state index in [0.717, 1.165) is 12.0 Å². The van der Waals surface area contributed by atoms with Gasteiger partial charge in [0.15, 0.2) is 0 Å². The van der Waals surface area contributed by atoms with E-state index >= 15 is 0 Å². The Labute approximate surface area is 112 Å². The Morgan fingerprint density at radius 1 is 1.17 bits per heavy atom. The maximum Gasteiger partial charge on any atom is 0.0572 e. The van der Waals surface area contributed by atoms with Crippen LogP contribution in [0.5, 0.6) is 0 Å². The summed E-state index contributed by atoms with van der Waals surface area (Å²) in [6, 6.07) is 0.809. The molecule has 18 heavy (non-hydrogen) atoms. The van der Waals surface area contributed by atoms with Crippen molar-refractivity contribution in [2.24, 2.45) is 5.92 Å². The van der Waals surface area contributed by atoms with Gasteiger partial charge in [0.25, 0.3) is 0 Å². The van der Waals surface area contributed by atoms with Crippen molar-refractivity contribution in [3.05, 3.63) is 0 Å². The highest BCUT2D eigenvalue weighted by atomic mass is 16.5. The van der Waals surface area contributed by atoms with Crippen LogP contribution in [0.25, 0.3) is 0 Å². The molecule has 1 saturated heterocycles. The number of piperidine rings is 1. The molecule has 3 nitrogen and oxygen atoms in total. The predicted molar refractivity (Wildman–Crippen MR) is 75.9 cm³/mol. The molecule has 0 spiro atoms. The number of hydrogen-bond donors (Lipinski definition) is 1. The summed E-state index contributed by atoms with van der Waals surface area (Å²) in [5.41, 5.74) is 0. The van der Waals surface area contributed by atoms with Crippen LogP contribution in [-0.4, -0.2) is 50.3 Å². The lowest BCUT2D eigenvalue weighted by Gasteiger charge is -2.38. The van der Waals surface area contributed by atoms with E-state index < -0.39 is 0 Å². The Hall–Kier alpha value is -0.120. The van der Waals surface area contributed by atoms with Gasteiger partial charge in [-0.1, -0.05) is 6.92 Å². The van der Waals surface area contributed by atoms with Gasteiger partial charge < -0.3 is 15.0 Å². The van der Waals surface area contributed by atoms with Crippen LogP contribution >= 0.6 is 0 Å². The van der Waals surface area contributed by atoms with Crippen LogP contribution in [0.15, 0.2) is 0 Å². The maximum atomic E-state index is 5.47. The molecule has 0 aromatic rings. The average molecular weight is 254 g/mol. The second kappa shape index (κ2) is 7.46. The third-order valence-electron chi connectivity index (χ3n) is 4.79. The number of ether oxygens (including phenoxy) is 1. The number of nitrogens with one attached hydrogen (secondary N) is 1. The van der Waals surface area contributed by atoms with Gasteiger partial charge in [-0.05, 0) is 64.1 Å². The molecular formula is C15H30N2O. The monoisotopic (exact) mass is 254 g/mol. The molecule has 1 unspecified atom stereocenters. The molecule has 1 aliphatic carbocycles. The molecule has 3 heteroatoms.